The molecule has 1 aromatic rings. The van der Waals surface area contributed by atoms with Crippen LogP contribution >= 0.6 is 0 Å². The SMILES string of the molecule is [3H]C(C)C(C)OC(C)C(C)NC(=O)C(=O)c1ccccc1. The third-order valence-electron chi connectivity index (χ3n) is 3.20. The summed E-state index contributed by atoms with van der Waals surface area (Å²) < 4.78 is 13.2. The van der Waals surface area contributed by atoms with Crippen molar-refractivity contribution in [3.63, 3.8) is 0 Å². The average Bonchev–Trinajstić information content (AvgIpc) is 2.46. The van der Waals surface area contributed by atoms with Gasteiger partial charge in [-0.2, -0.15) is 0 Å². The van der Waals surface area contributed by atoms with Gasteiger partial charge in [-0.1, -0.05) is 37.3 Å². The van der Waals surface area contributed by atoms with Gasteiger partial charge in [-0.05, 0) is 27.2 Å². The third kappa shape index (κ3) is 4.78. The van der Waals surface area contributed by atoms with Gasteiger partial charge in [0.1, 0.15) is 0 Å². The van der Waals surface area contributed by atoms with Crippen molar-refractivity contribution in [2.24, 2.45) is 0 Å². The summed E-state index contributed by atoms with van der Waals surface area (Å²) in [4.78, 5) is 23.9. The number of rotatable bonds is 7. The van der Waals surface area contributed by atoms with E-state index in [9.17, 15) is 9.59 Å². The summed E-state index contributed by atoms with van der Waals surface area (Å²) in [7, 11) is 0. The molecule has 1 aromatic carbocycles. The van der Waals surface area contributed by atoms with Crippen LogP contribution < -0.4 is 5.32 Å². The van der Waals surface area contributed by atoms with E-state index in [0.717, 1.165) is 0 Å². The predicted molar refractivity (Wildman–Crippen MR) is 78.7 cm³/mol. The van der Waals surface area contributed by atoms with E-state index in [-0.39, 0.29) is 24.6 Å². The molecule has 20 heavy (non-hydrogen) atoms. The van der Waals surface area contributed by atoms with E-state index in [2.05, 4.69) is 5.32 Å². The number of hydrogen-bond acceptors (Lipinski definition) is 3. The van der Waals surface area contributed by atoms with Gasteiger partial charge in [0.25, 0.3) is 5.91 Å². The summed E-state index contributed by atoms with van der Waals surface area (Å²) >= 11 is 0. The first-order chi connectivity index (χ1) is 9.82. The molecule has 0 aliphatic carbocycles. The fourth-order valence-corrected chi connectivity index (χ4v) is 1.65. The van der Waals surface area contributed by atoms with Crippen molar-refractivity contribution in [2.75, 3.05) is 0 Å². The van der Waals surface area contributed by atoms with E-state index in [1.165, 1.54) is 0 Å². The molecule has 0 aromatic heterocycles. The van der Waals surface area contributed by atoms with Gasteiger partial charge >= 0.3 is 0 Å². The van der Waals surface area contributed by atoms with Gasteiger partial charge in [0.05, 0.1) is 18.2 Å². The lowest BCUT2D eigenvalue weighted by atomic mass is 10.1. The highest BCUT2D eigenvalue weighted by atomic mass is 16.5. The highest BCUT2D eigenvalue weighted by Crippen LogP contribution is 2.06. The van der Waals surface area contributed by atoms with Crippen LogP contribution in [0.4, 0.5) is 0 Å². The normalized spacial score (nSPS) is 17.5. The largest absolute Gasteiger partial charge is 0.373 e. The second-order valence-electron chi connectivity index (χ2n) is 4.84. The molecule has 1 N–H and O–H groups in total. The Kier molecular flexibility index (Phi) is 5.74. The molecule has 0 fully saturated rings. The van der Waals surface area contributed by atoms with Crippen LogP contribution in [0.2, 0.25) is 0 Å². The topological polar surface area (TPSA) is 55.4 Å². The predicted octanol–water partition coefficient (Wildman–Crippen LogP) is 2.58. The lowest BCUT2D eigenvalue weighted by Crippen LogP contribution is -2.44. The summed E-state index contributed by atoms with van der Waals surface area (Å²) in [6.07, 6.45) is -0.856. The minimum atomic E-state index is -0.643. The molecule has 0 bridgehead atoms. The number of benzene rings is 1. The summed E-state index contributed by atoms with van der Waals surface area (Å²) in [5.74, 6) is -1.20. The number of ether oxygens (including phenoxy) is 1. The van der Waals surface area contributed by atoms with Gasteiger partial charge in [-0.25, -0.2) is 0 Å². The number of nitrogens with one attached hydrogen (secondary N) is 1. The summed E-state index contributed by atoms with van der Waals surface area (Å²) in [5, 5.41) is 2.65. The first-order valence-corrected chi connectivity index (χ1v) is 6.81. The molecule has 0 aliphatic rings. The summed E-state index contributed by atoms with van der Waals surface area (Å²) in [6, 6.07) is 8.12. The van der Waals surface area contributed by atoms with E-state index in [4.69, 9.17) is 6.11 Å². The van der Waals surface area contributed by atoms with Gasteiger partial charge in [-0.15, -0.1) is 0 Å². The van der Waals surface area contributed by atoms with Gasteiger partial charge in [0.2, 0.25) is 5.78 Å². The number of carbonyl (C=O) groups excluding carboxylic acids is 2. The van der Waals surface area contributed by atoms with Crippen molar-refractivity contribution in [1.29, 1.82) is 0 Å². The maximum absolute atomic E-state index is 12.0. The first-order valence-electron chi connectivity index (χ1n) is 7.38. The monoisotopic (exact) mass is 279 g/mol. The van der Waals surface area contributed by atoms with Crippen molar-refractivity contribution >= 4 is 11.7 Å². The molecule has 0 aliphatic heterocycles. The minimum Gasteiger partial charge on any atom is -0.373 e. The summed E-state index contributed by atoms with van der Waals surface area (Å²) in [6.45, 7) is 7.16. The van der Waals surface area contributed by atoms with Crippen molar-refractivity contribution in [3.05, 3.63) is 35.9 Å². The molecule has 0 heterocycles. The van der Waals surface area contributed by atoms with E-state index in [0.29, 0.717) is 5.56 Å². The fourth-order valence-electron chi connectivity index (χ4n) is 1.65. The maximum atomic E-state index is 12.0. The lowest BCUT2D eigenvalue weighted by Gasteiger charge is -2.24. The zero-order valence-corrected chi connectivity index (χ0v) is 12.4. The minimum absolute atomic E-state index is 0.232. The molecule has 110 valence electrons. The average molecular weight is 279 g/mol. The van der Waals surface area contributed by atoms with Crippen LogP contribution in [0.15, 0.2) is 30.3 Å². The van der Waals surface area contributed by atoms with E-state index in [1.54, 1.807) is 44.2 Å². The molecule has 0 saturated carbocycles. The highest BCUT2D eigenvalue weighted by molar-refractivity contribution is 6.42. The van der Waals surface area contributed by atoms with Crippen molar-refractivity contribution < 1.29 is 15.7 Å². The zero-order valence-electron chi connectivity index (χ0n) is 13.4. The molecule has 4 heteroatoms. The van der Waals surface area contributed by atoms with Crippen LogP contribution in [0, 0.1) is 0 Å². The molecule has 0 spiro atoms. The number of ketones is 1. The molecule has 4 atom stereocenters. The molecular formula is C16H23NO3. The summed E-state index contributed by atoms with van der Waals surface area (Å²) in [5.41, 5.74) is 0.365. The molecule has 1 amide bonds. The van der Waals surface area contributed by atoms with Crippen LogP contribution in [-0.4, -0.2) is 29.9 Å². The molecular weight excluding hydrogens is 254 g/mol. The maximum Gasteiger partial charge on any atom is 0.292 e. The quantitative estimate of drug-likeness (QED) is 0.616. The molecule has 0 radical (unpaired) electrons. The Balaban J connectivity index is 2.56. The Hall–Kier alpha value is -1.68. The Bertz CT molecular complexity index is 476. The number of amides is 1. The van der Waals surface area contributed by atoms with Crippen LogP contribution in [0.5, 0.6) is 0 Å². The van der Waals surface area contributed by atoms with Crippen molar-refractivity contribution in [1.82, 2.24) is 5.32 Å². The van der Waals surface area contributed by atoms with Crippen LogP contribution in [-0.2, 0) is 9.53 Å². The molecule has 1 rings (SSSR count). The Labute approximate surface area is 121 Å². The zero-order chi connectivity index (χ0) is 16.0. The fraction of sp³-hybridized carbons (Fsp3) is 0.500. The smallest absolute Gasteiger partial charge is 0.292 e. The van der Waals surface area contributed by atoms with Crippen LogP contribution in [0.25, 0.3) is 0 Å². The second-order valence-corrected chi connectivity index (χ2v) is 4.84. The first kappa shape index (κ1) is 14.7. The Morgan fingerprint density at radius 2 is 1.85 bits per heavy atom. The molecule has 4 nitrogen and oxygen atoms in total. The van der Waals surface area contributed by atoms with Gasteiger partial charge in [0, 0.05) is 6.93 Å². The van der Waals surface area contributed by atoms with E-state index < -0.39 is 11.7 Å². The van der Waals surface area contributed by atoms with Gasteiger partial charge < -0.3 is 10.1 Å². The highest BCUT2D eigenvalue weighted by Gasteiger charge is 2.22. The van der Waals surface area contributed by atoms with Crippen LogP contribution in [0.1, 0.15) is 45.8 Å². The van der Waals surface area contributed by atoms with Crippen molar-refractivity contribution in [2.45, 2.75) is 52.3 Å². The number of carbonyl (C=O) groups is 2. The van der Waals surface area contributed by atoms with E-state index in [1.807, 2.05) is 13.8 Å². The Morgan fingerprint density at radius 3 is 2.40 bits per heavy atom. The second kappa shape index (κ2) is 7.80. The Morgan fingerprint density at radius 1 is 1.25 bits per heavy atom. The van der Waals surface area contributed by atoms with Crippen molar-refractivity contribution in [3.8, 4) is 0 Å². The standard InChI is InChI=1S/C16H23NO3/c1-5-11(2)20-13(4)12(3)17-16(19)15(18)14-9-7-6-8-10-14/h6-13H,5H2,1-4H3,(H,17,19)/i5T. The number of Topliss-reactive ketones (excluding diaryl/α,β-unsaturated/α-hetero) is 1. The molecule has 4 unspecified atom stereocenters. The third-order valence-corrected chi connectivity index (χ3v) is 3.20. The molecule has 0 saturated heterocycles. The van der Waals surface area contributed by atoms with Crippen LogP contribution in [0.3, 0.4) is 0 Å². The van der Waals surface area contributed by atoms with E-state index >= 15 is 0 Å². The number of hydrogen-bond donors (Lipinski definition) is 1. The van der Waals surface area contributed by atoms with Gasteiger partial charge in [-0.3, -0.25) is 9.59 Å². The van der Waals surface area contributed by atoms with Gasteiger partial charge in [0.15, 0.2) is 0 Å². The lowest BCUT2D eigenvalue weighted by molar-refractivity contribution is -0.119.